The largest absolute Gasteiger partial charge is 0.322 e. The molecule has 0 saturated heterocycles. The minimum Gasteiger partial charge on any atom is -0.322 e. The van der Waals surface area contributed by atoms with E-state index in [1.807, 2.05) is 0 Å². The van der Waals surface area contributed by atoms with E-state index in [4.69, 9.17) is 5.73 Å². The molecule has 0 aromatic carbocycles. The molecule has 0 bridgehead atoms. The molecule has 2 nitrogen and oxygen atoms in total. The second kappa shape index (κ2) is 3.61. The molecule has 1 aromatic rings. The standard InChI is InChI=1S/C10H12F2N2/c11-7-4-8(12)10(14-5-7)9(13)6-2-1-3-6/h4-6,9H,1-3,13H2/t9-/m1/s1. The van der Waals surface area contributed by atoms with Crippen LogP contribution in [0.2, 0.25) is 0 Å². The zero-order valence-electron chi connectivity index (χ0n) is 7.71. The molecule has 2 rings (SSSR count). The van der Waals surface area contributed by atoms with Gasteiger partial charge in [0.1, 0.15) is 11.6 Å². The lowest BCUT2D eigenvalue weighted by atomic mass is 9.79. The maximum atomic E-state index is 13.2. The highest BCUT2D eigenvalue weighted by atomic mass is 19.1. The van der Waals surface area contributed by atoms with E-state index >= 15 is 0 Å². The zero-order valence-corrected chi connectivity index (χ0v) is 7.71. The van der Waals surface area contributed by atoms with Crippen molar-refractivity contribution in [3.05, 3.63) is 29.6 Å². The number of hydrogen-bond donors (Lipinski definition) is 1. The smallest absolute Gasteiger partial charge is 0.149 e. The van der Waals surface area contributed by atoms with E-state index in [0.29, 0.717) is 5.92 Å². The molecule has 0 unspecified atom stereocenters. The highest BCUT2D eigenvalue weighted by Gasteiger charge is 2.28. The Labute approximate surface area is 81.1 Å². The number of nitrogens with two attached hydrogens (primary N) is 1. The fraction of sp³-hybridized carbons (Fsp3) is 0.500. The molecule has 4 heteroatoms. The van der Waals surface area contributed by atoms with E-state index in [-0.39, 0.29) is 11.7 Å². The number of pyridine rings is 1. The van der Waals surface area contributed by atoms with Crippen molar-refractivity contribution in [2.45, 2.75) is 25.3 Å². The summed E-state index contributed by atoms with van der Waals surface area (Å²) in [6.45, 7) is 0. The van der Waals surface area contributed by atoms with Crippen LogP contribution in [-0.2, 0) is 0 Å². The third-order valence-corrected chi connectivity index (χ3v) is 2.81. The number of aromatic nitrogens is 1. The van der Waals surface area contributed by atoms with Crippen molar-refractivity contribution < 1.29 is 8.78 Å². The topological polar surface area (TPSA) is 38.9 Å². The van der Waals surface area contributed by atoms with Gasteiger partial charge in [-0.2, -0.15) is 0 Å². The Morgan fingerprint density at radius 1 is 1.43 bits per heavy atom. The zero-order chi connectivity index (χ0) is 10.1. The van der Waals surface area contributed by atoms with Gasteiger partial charge in [-0.15, -0.1) is 0 Å². The van der Waals surface area contributed by atoms with Crippen molar-refractivity contribution in [3.63, 3.8) is 0 Å². The van der Waals surface area contributed by atoms with Gasteiger partial charge in [-0.3, -0.25) is 4.98 Å². The molecular formula is C10H12F2N2. The van der Waals surface area contributed by atoms with Gasteiger partial charge in [0, 0.05) is 6.07 Å². The van der Waals surface area contributed by atoms with Crippen LogP contribution in [-0.4, -0.2) is 4.98 Å². The van der Waals surface area contributed by atoms with Crippen LogP contribution in [0.25, 0.3) is 0 Å². The lowest BCUT2D eigenvalue weighted by Gasteiger charge is -2.30. The molecule has 0 amide bonds. The quantitative estimate of drug-likeness (QED) is 0.790. The van der Waals surface area contributed by atoms with Crippen LogP contribution >= 0.6 is 0 Å². The lowest BCUT2D eigenvalue weighted by molar-refractivity contribution is 0.256. The molecule has 1 aliphatic rings. The van der Waals surface area contributed by atoms with Crippen molar-refractivity contribution in [3.8, 4) is 0 Å². The first-order valence-corrected chi connectivity index (χ1v) is 4.75. The third-order valence-electron chi connectivity index (χ3n) is 2.81. The SMILES string of the molecule is N[C@@H](c1ncc(F)cc1F)C1CCC1. The predicted octanol–water partition coefficient (Wildman–Crippen LogP) is 2.16. The minimum absolute atomic E-state index is 0.191. The molecule has 0 radical (unpaired) electrons. The molecule has 1 aliphatic carbocycles. The summed E-state index contributed by atoms with van der Waals surface area (Å²) in [5.74, 6) is -0.987. The van der Waals surface area contributed by atoms with E-state index < -0.39 is 11.6 Å². The summed E-state index contributed by atoms with van der Waals surface area (Å²) in [6.07, 6.45) is 4.18. The summed E-state index contributed by atoms with van der Waals surface area (Å²) in [7, 11) is 0. The average Bonchev–Trinajstić information content (AvgIpc) is 2.00. The first-order chi connectivity index (χ1) is 6.68. The number of nitrogens with zero attached hydrogens (tertiary/aromatic N) is 1. The van der Waals surface area contributed by atoms with Crippen LogP contribution in [0.4, 0.5) is 8.78 Å². The fourth-order valence-corrected chi connectivity index (χ4v) is 1.69. The Morgan fingerprint density at radius 2 is 2.14 bits per heavy atom. The molecule has 1 aromatic heterocycles. The molecule has 0 spiro atoms. The molecular weight excluding hydrogens is 186 g/mol. The average molecular weight is 198 g/mol. The highest BCUT2D eigenvalue weighted by Crippen LogP contribution is 2.36. The summed E-state index contributed by atoms with van der Waals surface area (Å²) in [4.78, 5) is 3.71. The van der Waals surface area contributed by atoms with Crippen molar-refractivity contribution in [1.82, 2.24) is 4.98 Å². The van der Waals surface area contributed by atoms with Gasteiger partial charge >= 0.3 is 0 Å². The van der Waals surface area contributed by atoms with Gasteiger partial charge in [0.15, 0.2) is 0 Å². The molecule has 2 N–H and O–H groups in total. The van der Waals surface area contributed by atoms with Gasteiger partial charge in [-0.1, -0.05) is 6.42 Å². The van der Waals surface area contributed by atoms with Gasteiger partial charge in [0.25, 0.3) is 0 Å². The minimum atomic E-state index is -0.660. The molecule has 14 heavy (non-hydrogen) atoms. The Hall–Kier alpha value is -1.03. The highest BCUT2D eigenvalue weighted by molar-refractivity contribution is 5.13. The van der Waals surface area contributed by atoms with Crippen LogP contribution in [0.5, 0.6) is 0 Å². The first kappa shape index (κ1) is 9.52. The van der Waals surface area contributed by atoms with Crippen LogP contribution in [0.1, 0.15) is 31.0 Å². The normalized spacial score (nSPS) is 19.1. The Kier molecular flexibility index (Phi) is 2.46. The van der Waals surface area contributed by atoms with Gasteiger partial charge in [0.2, 0.25) is 0 Å². The maximum Gasteiger partial charge on any atom is 0.149 e. The number of halogens is 2. The molecule has 1 saturated carbocycles. The van der Waals surface area contributed by atoms with Crippen LogP contribution in [0, 0.1) is 17.6 Å². The molecule has 1 heterocycles. The van der Waals surface area contributed by atoms with E-state index in [1.54, 1.807) is 0 Å². The monoisotopic (exact) mass is 198 g/mol. The van der Waals surface area contributed by atoms with Crippen LogP contribution in [0.15, 0.2) is 12.3 Å². The molecule has 76 valence electrons. The van der Waals surface area contributed by atoms with Crippen molar-refractivity contribution in [2.75, 3.05) is 0 Å². The Balaban J connectivity index is 2.22. The Bertz CT molecular complexity index is 337. The van der Waals surface area contributed by atoms with Crippen molar-refractivity contribution >= 4 is 0 Å². The van der Waals surface area contributed by atoms with Gasteiger partial charge < -0.3 is 5.73 Å². The molecule has 0 aliphatic heterocycles. The summed E-state index contributed by atoms with van der Waals surface area (Å²) >= 11 is 0. The van der Waals surface area contributed by atoms with E-state index in [2.05, 4.69) is 4.98 Å². The van der Waals surface area contributed by atoms with E-state index in [9.17, 15) is 8.78 Å². The third kappa shape index (κ3) is 1.62. The number of hydrogen-bond acceptors (Lipinski definition) is 2. The lowest BCUT2D eigenvalue weighted by Crippen LogP contribution is -2.28. The van der Waals surface area contributed by atoms with Gasteiger partial charge in [0.05, 0.1) is 17.9 Å². The van der Waals surface area contributed by atoms with Gasteiger partial charge in [-0.05, 0) is 18.8 Å². The number of rotatable bonds is 2. The first-order valence-electron chi connectivity index (χ1n) is 4.75. The summed E-state index contributed by atoms with van der Waals surface area (Å²) in [5, 5.41) is 0. The summed E-state index contributed by atoms with van der Waals surface area (Å²) in [5.41, 5.74) is 6.02. The summed E-state index contributed by atoms with van der Waals surface area (Å²) < 4.78 is 25.8. The van der Waals surface area contributed by atoms with E-state index in [0.717, 1.165) is 31.5 Å². The van der Waals surface area contributed by atoms with Gasteiger partial charge in [-0.25, -0.2) is 8.78 Å². The fourth-order valence-electron chi connectivity index (χ4n) is 1.69. The molecule has 1 fully saturated rings. The van der Waals surface area contributed by atoms with Crippen molar-refractivity contribution in [1.29, 1.82) is 0 Å². The van der Waals surface area contributed by atoms with Crippen molar-refractivity contribution in [2.24, 2.45) is 11.7 Å². The maximum absolute atomic E-state index is 13.2. The van der Waals surface area contributed by atoms with E-state index in [1.165, 1.54) is 0 Å². The second-order valence-corrected chi connectivity index (χ2v) is 3.74. The summed E-state index contributed by atoms with van der Waals surface area (Å²) in [6, 6.07) is 0.449. The predicted molar refractivity (Wildman–Crippen MR) is 48.4 cm³/mol. The molecule has 1 atom stereocenters. The Morgan fingerprint density at radius 3 is 2.64 bits per heavy atom. The second-order valence-electron chi connectivity index (χ2n) is 3.74. The van der Waals surface area contributed by atoms with Crippen LogP contribution in [0.3, 0.4) is 0 Å². The van der Waals surface area contributed by atoms with Crippen LogP contribution < -0.4 is 5.73 Å².